The van der Waals surface area contributed by atoms with Crippen molar-refractivity contribution < 1.29 is 48.0 Å². The number of anilines is 1. The molecule has 4 rings (SSSR count). The van der Waals surface area contributed by atoms with Gasteiger partial charge < -0.3 is 81.4 Å². The van der Waals surface area contributed by atoms with Crippen molar-refractivity contribution in [1.29, 1.82) is 0 Å². The molecule has 0 bridgehead atoms. The smallest absolute Gasteiger partial charge is 0.271 e. The number of aliphatic hydroxyl groups is 2. The SMILES string of the molecule is Cc1c(N)nc([C@H](CC(N)=O)NC[C@H](N)C(N)=O)nc1C(=O)N[C@@H](CCS(C)=O)C(=O)N[C@H](Cc1ccccc1)[C@@H](O)[C@H](C)C(=O)N[C@H](C(=O)NCCc1nc(-c2nc(C(=O)NCCCNCCCCNCCCN)cs2)c(Cl)s1)[C@@H](C)O. The normalized spacial score (nSPS) is 14.7. The highest BCUT2D eigenvalue weighted by atomic mass is 35.5. The number of rotatable bonds is 39. The first-order chi connectivity index (χ1) is 39.5. The molecule has 4 aromatic rings. The number of aromatic nitrogens is 4. The second kappa shape index (κ2) is 35.8. The van der Waals surface area contributed by atoms with E-state index >= 15 is 0 Å². The lowest BCUT2D eigenvalue weighted by molar-refractivity contribution is -0.136. The van der Waals surface area contributed by atoms with Gasteiger partial charge in [-0.15, -0.1) is 22.7 Å². The van der Waals surface area contributed by atoms with Crippen LogP contribution in [-0.4, -0.2) is 176 Å². The Morgan fingerprint density at radius 3 is 2.12 bits per heavy atom. The molecule has 31 heteroatoms. The monoisotopic (exact) mass is 1230 g/mol. The van der Waals surface area contributed by atoms with Crippen LogP contribution in [0.25, 0.3) is 10.7 Å². The van der Waals surface area contributed by atoms with Gasteiger partial charge in [-0.25, -0.2) is 19.9 Å². The molecule has 20 N–H and O–H groups in total. The Kier molecular flexibility index (Phi) is 29.9. The Morgan fingerprint density at radius 1 is 0.807 bits per heavy atom. The summed E-state index contributed by atoms with van der Waals surface area (Å²) >= 11 is 8.95. The van der Waals surface area contributed by atoms with Crippen molar-refractivity contribution >= 4 is 92.2 Å². The summed E-state index contributed by atoms with van der Waals surface area (Å²) < 4.78 is 12.7. The van der Waals surface area contributed by atoms with Crippen LogP contribution in [0.5, 0.6) is 0 Å². The lowest BCUT2D eigenvalue weighted by atomic mass is 9.91. The predicted molar refractivity (Wildman–Crippen MR) is 319 cm³/mol. The van der Waals surface area contributed by atoms with Crippen molar-refractivity contribution in [2.45, 2.75) is 115 Å². The summed E-state index contributed by atoms with van der Waals surface area (Å²) in [7, 11) is -1.45. The molecule has 83 heavy (non-hydrogen) atoms. The van der Waals surface area contributed by atoms with Crippen molar-refractivity contribution in [3.63, 3.8) is 0 Å². The van der Waals surface area contributed by atoms with Crippen LogP contribution in [-0.2, 0) is 47.6 Å². The Bertz CT molecular complexity index is 2800. The number of carbonyl (C=O) groups excluding carboxylic acids is 7. The van der Waals surface area contributed by atoms with Crippen molar-refractivity contribution in [3.8, 4) is 10.7 Å². The highest BCUT2D eigenvalue weighted by Crippen LogP contribution is 2.34. The molecule has 1 aromatic carbocycles. The third-order valence-electron chi connectivity index (χ3n) is 13.0. The highest BCUT2D eigenvalue weighted by Gasteiger charge is 2.36. The number of aliphatic hydroxyl groups excluding tert-OH is 2. The summed E-state index contributed by atoms with van der Waals surface area (Å²) in [4.78, 5) is 110. The van der Waals surface area contributed by atoms with Gasteiger partial charge in [0.1, 0.15) is 50.2 Å². The number of amides is 7. The molecule has 0 radical (unpaired) electrons. The van der Waals surface area contributed by atoms with Crippen molar-refractivity contribution in [3.05, 3.63) is 73.4 Å². The molecule has 9 atom stereocenters. The van der Waals surface area contributed by atoms with E-state index in [0.717, 1.165) is 51.9 Å². The molecule has 0 fully saturated rings. The molecule has 27 nitrogen and oxygen atoms in total. The highest BCUT2D eigenvalue weighted by molar-refractivity contribution is 7.84. The van der Waals surface area contributed by atoms with E-state index in [1.165, 1.54) is 49.7 Å². The third-order valence-corrected chi connectivity index (χ3v) is 15.9. The van der Waals surface area contributed by atoms with Gasteiger partial charge in [0.25, 0.3) is 11.8 Å². The van der Waals surface area contributed by atoms with Crippen LogP contribution in [0.3, 0.4) is 0 Å². The Balaban J connectivity index is 1.39. The zero-order chi connectivity index (χ0) is 61.2. The zero-order valence-corrected chi connectivity index (χ0v) is 50.2. The predicted octanol–water partition coefficient (Wildman–Crippen LogP) is -1.84. The molecular weight excluding hydrogens is 1150 g/mol. The van der Waals surface area contributed by atoms with Gasteiger partial charge in [0, 0.05) is 66.2 Å². The first-order valence-electron chi connectivity index (χ1n) is 27.1. The third kappa shape index (κ3) is 23.4. The average molecular weight is 1230 g/mol. The molecule has 3 aromatic heterocycles. The fourth-order valence-electron chi connectivity index (χ4n) is 8.09. The molecule has 0 saturated carbocycles. The molecule has 0 aliphatic carbocycles. The van der Waals surface area contributed by atoms with Gasteiger partial charge in [-0.1, -0.05) is 48.9 Å². The summed E-state index contributed by atoms with van der Waals surface area (Å²) in [5, 5.41) is 48.3. The lowest BCUT2D eigenvalue weighted by Crippen LogP contribution is -2.58. The van der Waals surface area contributed by atoms with E-state index in [1.54, 1.807) is 35.7 Å². The van der Waals surface area contributed by atoms with E-state index in [4.69, 9.17) is 40.3 Å². The number of hydrogen-bond acceptors (Lipinski definition) is 22. The Labute approximate surface area is 497 Å². The maximum absolute atomic E-state index is 14.3. The van der Waals surface area contributed by atoms with E-state index in [-0.39, 0.29) is 72.6 Å². The topological polar surface area (TPSA) is 455 Å². The largest absolute Gasteiger partial charge is 0.391 e. The summed E-state index contributed by atoms with van der Waals surface area (Å²) in [6.07, 6.45) is 1.79. The fraction of sp³-hybridized carbons (Fsp3) is 0.558. The molecule has 0 aliphatic heterocycles. The van der Waals surface area contributed by atoms with E-state index in [9.17, 15) is 48.0 Å². The number of nitrogens with one attached hydrogen (secondary N) is 8. The van der Waals surface area contributed by atoms with E-state index in [2.05, 4.69) is 62.5 Å². The first kappa shape index (κ1) is 69.3. The minimum atomic E-state index is -1.64. The molecular formula is C52H80ClN17O10S3. The Hall–Kier alpha value is -6.19. The number of unbranched alkanes of at least 4 members (excludes halogenated alkanes) is 1. The van der Waals surface area contributed by atoms with Crippen LogP contribution in [0.2, 0.25) is 4.34 Å². The molecule has 1 unspecified atom stereocenters. The van der Waals surface area contributed by atoms with Crippen LogP contribution >= 0.6 is 34.3 Å². The van der Waals surface area contributed by atoms with Crippen LogP contribution in [0.15, 0.2) is 35.7 Å². The van der Waals surface area contributed by atoms with E-state index < -0.39 is 101 Å². The van der Waals surface area contributed by atoms with Crippen molar-refractivity contribution in [2.75, 3.05) is 70.1 Å². The van der Waals surface area contributed by atoms with Gasteiger partial charge in [-0.3, -0.25) is 37.8 Å². The molecule has 458 valence electrons. The molecule has 7 amide bonds. The second-order valence-corrected chi connectivity index (χ2v) is 23.8. The van der Waals surface area contributed by atoms with Gasteiger partial charge >= 0.3 is 0 Å². The number of primary amides is 2. The number of thiazole rings is 2. The number of nitrogens with two attached hydrogens (primary N) is 5. The number of nitrogen functional groups attached to an aromatic ring is 1. The van der Waals surface area contributed by atoms with Gasteiger partial charge in [-0.2, -0.15) is 0 Å². The molecule has 3 heterocycles. The zero-order valence-electron chi connectivity index (χ0n) is 47.0. The van der Waals surface area contributed by atoms with Crippen LogP contribution in [0.4, 0.5) is 5.82 Å². The second-order valence-electron chi connectivity index (χ2n) is 19.8. The first-order valence-corrected chi connectivity index (χ1v) is 30.9. The minimum Gasteiger partial charge on any atom is -0.391 e. The average Bonchev–Trinajstić information content (AvgIpc) is 4.20. The van der Waals surface area contributed by atoms with E-state index in [1.807, 2.05) is 0 Å². The quantitative estimate of drug-likeness (QED) is 0.0218. The van der Waals surface area contributed by atoms with Crippen molar-refractivity contribution in [1.82, 2.24) is 62.5 Å². The summed E-state index contributed by atoms with van der Waals surface area (Å²) in [5.74, 6) is -7.02. The summed E-state index contributed by atoms with van der Waals surface area (Å²) in [6, 6.07) is 2.33. The van der Waals surface area contributed by atoms with Crippen LogP contribution in [0.1, 0.15) is 101 Å². The maximum Gasteiger partial charge on any atom is 0.271 e. The number of nitrogens with zero attached hydrogens (tertiary/aromatic N) is 4. The molecule has 0 saturated heterocycles. The fourth-order valence-corrected chi connectivity index (χ4v) is 10.8. The van der Waals surface area contributed by atoms with Crippen LogP contribution < -0.4 is 71.2 Å². The number of carbonyl (C=O) groups is 7. The Morgan fingerprint density at radius 2 is 1.48 bits per heavy atom. The maximum atomic E-state index is 14.3. The summed E-state index contributed by atoms with van der Waals surface area (Å²) in [6.45, 7) is 8.61. The van der Waals surface area contributed by atoms with Crippen molar-refractivity contribution in [2.24, 2.45) is 28.9 Å². The number of hydrogen-bond donors (Lipinski definition) is 15. The van der Waals surface area contributed by atoms with E-state index in [0.29, 0.717) is 38.7 Å². The number of halogens is 1. The molecule has 0 spiro atoms. The van der Waals surface area contributed by atoms with Gasteiger partial charge in [0.05, 0.1) is 41.3 Å². The summed E-state index contributed by atoms with van der Waals surface area (Å²) in [5.41, 5.74) is 29.3. The standard InChI is InChI=1S/C52H80ClN17O10S3/c1-28-39(68-46(70-44(28)57)35(25-37(56)72)63-26-32(55)45(58)74)51(79)64-33(15-23-83(4)80)49(77)65-34(24-31-12-6-5-7-13-31)42(73)29(2)47(75)69-40(30(3)71)50(78)62-22-14-38-67-41(43(53)82-38)52-66-36(27-81-52)48(76)61-21-11-20-60-18-9-8-17-59-19-10-16-54/h5-7,12-13,27,29-30,32-35,40,42,59-60,63,71,73H,8-11,14-26,54-55H2,1-4H3,(H2,56,72)(H2,58,74)(H,61,76)(H,62,78)(H,64,79)(H,65,77)(H,69,75)(H2,57,68,70)/t29-,30+,32-,33-,34+,35-,40-,42-,83?/m0/s1. The van der Waals surface area contributed by atoms with Gasteiger partial charge in [-0.05, 0) is 90.7 Å². The number of benzene rings is 1. The van der Waals surface area contributed by atoms with Gasteiger partial charge in [0.2, 0.25) is 29.5 Å². The molecule has 0 aliphatic rings. The minimum absolute atomic E-state index is 0.0205. The lowest BCUT2D eigenvalue weighted by Gasteiger charge is -2.31. The van der Waals surface area contributed by atoms with Gasteiger partial charge in [0.15, 0.2) is 0 Å². The van der Waals surface area contributed by atoms with Crippen LogP contribution in [0, 0.1) is 12.8 Å².